The molecular formula is C8H9N3O3. The van der Waals surface area contributed by atoms with Crippen LogP contribution in [0.4, 0.5) is 11.4 Å². The Kier molecular flexibility index (Phi) is 3.01. The van der Waals surface area contributed by atoms with Crippen molar-refractivity contribution in [2.75, 3.05) is 11.9 Å². The van der Waals surface area contributed by atoms with Crippen LogP contribution in [-0.4, -0.2) is 17.4 Å². The Labute approximate surface area is 79.9 Å². The molecule has 1 rings (SSSR count). The van der Waals surface area contributed by atoms with Gasteiger partial charge in [0.15, 0.2) is 0 Å². The Hall–Kier alpha value is -2.11. The first-order chi connectivity index (χ1) is 6.59. The molecule has 0 aliphatic carbocycles. The lowest BCUT2D eigenvalue weighted by atomic mass is 10.3. The highest BCUT2D eigenvalue weighted by Gasteiger charge is 2.05. The van der Waals surface area contributed by atoms with Gasteiger partial charge in [-0.15, -0.1) is 0 Å². The molecule has 14 heavy (non-hydrogen) atoms. The number of carbonyl (C=O) groups excluding carboxylic acids is 1. The van der Waals surface area contributed by atoms with Crippen LogP contribution in [0.3, 0.4) is 0 Å². The Morgan fingerprint density at radius 1 is 1.57 bits per heavy atom. The number of anilines is 1. The average Bonchev–Trinajstić information content (AvgIpc) is 2.15. The molecule has 0 radical (unpaired) electrons. The highest BCUT2D eigenvalue weighted by molar-refractivity contribution is 5.78. The molecule has 0 saturated heterocycles. The number of amides is 1. The zero-order valence-electron chi connectivity index (χ0n) is 7.27. The lowest BCUT2D eigenvalue weighted by molar-refractivity contribution is -0.384. The van der Waals surface area contributed by atoms with E-state index in [2.05, 4.69) is 5.32 Å². The van der Waals surface area contributed by atoms with Crippen LogP contribution in [0.5, 0.6) is 0 Å². The second-order valence-electron chi connectivity index (χ2n) is 2.63. The fourth-order valence-electron chi connectivity index (χ4n) is 0.919. The predicted octanol–water partition coefficient (Wildman–Crippen LogP) is 0.492. The van der Waals surface area contributed by atoms with E-state index in [0.29, 0.717) is 5.69 Å². The maximum Gasteiger partial charge on any atom is 0.271 e. The number of carbonyl (C=O) groups is 1. The molecule has 6 heteroatoms. The smallest absolute Gasteiger partial charge is 0.271 e. The number of nitro benzene ring substituents is 1. The molecule has 0 saturated carbocycles. The molecule has 1 amide bonds. The minimum Gasteiger partial charge on any atom is -0.376 e. The van der Waals surface area contributed by atoms with Crippen LogP contribution in [0.2, 0.25) is 0 Å². The zero-order valence-corrected chi connectivity index (χ0v) is 7.27. The summed E-state index contributed by atoms with van der Waals surface area (Å²) >= 11 is 0. The Morgan fingerprint density at radius 2 is 2.29 bits per heavy atom. The van der Waals surface area contributed by atoms with Gasteiger partial charge in [-0.1, -0.05) is 6.07 Å². The van der Waals surface area contributed by atoms with Crippen LogP contribution in [0.25, 0.3) is 0 Å². The highest BCUT2D eigenvalue weighted by atomic mass is 16.6. The first kappa shape index (κ1) is 9.97. The maximum absolute atomic E-state index is 10.4. The minimum absolute atomic E-state index is 0.0283. The molecule has 3 N–H and O–H groups in total. The van der Waals surface area contributed by atoms with E-state index >= 15 is 0 Å². The van der Waals surface area contributed by atoms with Gasteiger partial charge >= 0.3 is 0 Å². The van der Waals surface area contributed by atoms with Gasteiger partial charge < -0.3 is 11.1 Å². The van der Waals surface area contributed by atoms with Crippen LogP contribution in [0.1, 0.15) is 0 Å². The fraction of sp³-hybridized carbons (Fsp3) is 0.125. The Bertz CT molecular complexity index is 365. The summed E-state index contributed by atoms with van der Waals surface area (Å²) in [5, 5.41) is 13.0. The average molecular weight is 195 g/mol. The molecule has 1 aromatic rings. The van der Waals surface area contributed by atoms with Crippen molar-refractivity contribution < 1.29 is 9.72 Å². The van der Waals surface area contributed by atoms with E-state index in [9.17, 15) is 14.9 Å². The normalized spacial score (nSPS) is 9.43. The van der Waals surface area contributed by atoms with Gasteiger partial charge in [0.2, 0.25) is 5.91 Å². The molecule has 0 aliphatic heterocycles. The van der Waals surface area contributed by atoms with Crippen LogP contribution in [-0.2, 0) is 4.79 Å². The second kappa shape index (κ2) is 4.22. The van der Waals surface area contributed by atoms with Crippen LogP contribution < -0.4 is 11.1 Å². The molecule has 0 fully saturated rings. The van der Waals surface area contributed by atoms with E-state index in [1.807, 2.05) is 0 Å². The quantitative estimate of drug-likeness (QED) is 0.539. The summed E-state index contributed by atoms with van der Waals surface area (Å²) in [5.74, 6) is -0.517. The second-order valence-corrected chi connectivity index (χ2v) is 2.63. The molecule has 0 aliphatic rings. The largest absolute Gasteiger partial charge is 0.376 e. The Morgan fingerprint density at radius 3 is 2.86 bits per heavy atom. The number of hydrogen-bond acceptors (Lipinski definition) is 4. The van der Waals surface area contributed by atoms with Gasteiger partial charge in [0.05, 0.1) is 11.5 Å². The van der Waals surface area contributed by atoms with Gasteiger partial charge in [-0.3, -0.25) is 14.9 Å². The van der Waals surface area contributed by atoms with Gasteiger partial charge in [-0.2, -0.15) is 0 Å². The van der Waals surface area contributed by atoms with Crippen molar-refractivity contribution in [2.45, 2.75) is 0 Å². The predicted molar refractivity (Wildman–Crippen MR) is 50.8 cm³/mol. The highest BCUT2D eigenvalue weighted by Crippen LogP contribution is 2.16. The van der Waals surface area contributed by atoms with Crippen LogP contribution >= 0.6 is 0 Å². The summed E-state index contributed by atoms with van der Waals surface area (Å²) in [5.41, 5.74) is 5.37. The van der Waals surface area contributed by atoms with Gasteiger partial charge in [0, 0.05) is 17.8 Å². The van der Waals surface area contributed by atoms with E-state index in [-0.39, 0.29) is 12.2 Å². The third-order valence-electron chi connectivity index (χ3n) is 1.52. The molecule has 0 heterocycles. The molecular weight excluding hydrogens is 186 g/mol. The van der Waals surface area contributed by atoms with Crippen molar-refractivity contribution >= 4 is 17.3 Å². The van der Waals surface area contributed by atoms with Gasteiger partial charge in [0.25, 0.3) is 5.69 Å². The molecule has 0 atom stereocenters. The monoisotopic (exact) mass is 195 g/mol. The maximum atomic E-state index is 10.4. The number of nitrogens with zero attached hydrogens (tertiary/aromatic N) is 1. The molecule has 0 unspecified atom stereocenters. The van der Waals surface area contributed by atoms with E-state index in [4.69, 9.17) is 5.73 Å². The third-order valence-corrected chi connectivity index (χ3v) is 1.52. The third kappa shape index (κ3) is 2.74. The molecule has 0 spiro atoms. The molecule has 0 aromatic heterocycles. The SMILES string of the molecule is NC(=O)CNc1cccc([N+](=O)[O-])c1. The van der Waals surface area contributed by atoms with Gasteiger partial charge in [-0.05, 0) is 6.07 Å². The summed E-state index contributed by atoms with van der Waals surface area (Å²) in [4.78, 5) is 20.3. The number of non-ortho nitro benzene ring substituents is 1. The lowest BCUT2D eigenvalue weighted by Gasteiger charge is -2.02. The first-order valence-electron chi connectivity index (χ1n) is 3.86. The van der Waals surface area contributed by atoms with Crippen molar-refractivity contribution in [3.05, 3.63) is 34.4 Å². The van der Waals surface area contributed by atoms with Crippen molar-refractivity contribution in [3.63, 3.8) is 0 Å². The lowest BCUT2D eigenvalue weighted by Crippen LogP contribution is -2.21. The number of nitrogens with one attached hydrogen (secondary N) is 1. The standard InChI is InChI=1S/C8H9N3O3/c9-8(12)5-10-6-2-1-3-7(4-6)11(13)14/h1-4,10H,5H2,(H2,9,12). The number of primary amides is 1. The summed E-state index contributed by atoms with van der Waals surface area (Å²) in [7, 11) is 0. The number of benzene rings is 1. The number of nitrogens with two attached hydrogens (primary N) is 1. The first-order valence-corrected chi connectivity index (χ1v) is 3.86. The minimum atomic E-state index is -0.517. The molecule has 74 valence electrons. The van der Waals surface area contributed by atoms with Crippen molar-refractivity contribution in [1.29, 1.82) is 0 Å². The van der Waals surface area contributed by atoms with E-state index in [1.54, 1.807) is 6.07 Å². The number of hydrogen-bond donors (Lipinski definition) is 2. The Balaban J connectivity index is 2.73. The molecule has 6 nitrogen and oxygen atoms in total. The summed E-state index contributed by atoms with van der Waals surface area (Å²) in [6.45, 7) is -0.0405. The van der Waals surface area contributed by atoms with Crippen molar-refractivity contribution in [1.82, 2.24) is 0 Å². The van der Waals surface area contributed by atoms with Crippen molar-refractivity contribution in [2.24, 2.45) is 5.73 Å². The fourth-order valence-corrected chi connectivity index (χ4v) is 0.919. The summed E-state index contributed by atoms with van der Waals surface area (Å²) < 4.78 is 0. The summed E-state index contributed by atoms with van der Waals surface area (Å²) in [6.07, 6.45) is 0. The molecule has 1 aromatic carbocycles. The van der Waals surface area contributed by atoms with Crippen LogP contribution in [0.15, 0.2) is 24.3 Å². The van der Waals surface area contributed by atoms with E-state index < -0.39 is 10.8 Å². The topological polar surface area (TPSA) is 98.3 Å². The summed E-state index contributed by atoms with van der Waals surface area (Å²) in [6, 6.07) is 5.86. The van der Waals surface area contributed by atoms with E-state index in [1.165, 1.54) is 18.2 Å². The molecule has 0 bridgehead atoms. The zero-order chi connectivity index (χ0) is 10.6. The van der Waals surface area contributed by atoms with Crippen LogP contribution in [0, 0.1) is 10.1 Å². The van der Waals surface area contributed by atoms with E-state index in [0.717, 1.165) is 0 Å². The van der Waals surface area contributed by atoms with Gasteiger partial charge in [0.1, 0.15) is 0 Å². The number of rotatable bonds is 4. The number of nitro groups is 1. The van der Waals surface area contributed by atoms with Crippen molar-refractivity contribution in [3.8, 4) is 0 Å². The van der Waals surface area contributed by atoms with Gasteiger partial charge in [-0.25, -0.2) is 0 Å².